The van der Waals surface area contributed by atoms with E-state index in [1.54, 1.807) is 0 Å². The van der Waals surface area contributed by atoms with Crippen molar-refractivity contribution in [1.82, 2.24) is 15.1 Å². The SMILES string of the molecule is CNCCCN(CCCN)CCCCN(CCCN)CCCN. The van der Waals surface area contributed by atoms with E-state index in [2.05, 4.69) is 15.1 Å². The van der Waals surface area contributed by atoms with Gasteiger partial charge in [0, 0.05) is 0 Å². The van der Waals surface area contributed by atoms with Crippen LogP contribution in [0.1, 0.15) is 38.5 Å². The van der Waals surface area contributed by atoms with Crippen LogP contribution < -0.4 is 22.5 Å². The molecule has 7 N–H and O–H groups in total. The third-order valence-corrected chi connectivity index (χ3v) is 4.14. The molecule has 0 unspecified atom stereocenters. The molecule has 0 rings (SSSR count). The first-order valence-electron chi connectivity index (χ1n) is 9.48. The Morgan fingerprint density at radius 1 is 0.565 bits per heavy atom. The normalized spacial score (nSPS) is 11.7. The van der Waals surface area contributed by atoms with Crippen LogP contribution in [0.3, 0.4) is 0 Å². The van der Waals surface area contributed by atoms with E-state index >= 15 is 0 Å². The van der Waals surface area contributed by atoms with Crippen molar-refractivity contribution in [1.29, 1.82) is 0 Å². The molecule has 0 aromatic rings. The summed E-state index contributed by atoms with van der Waals surface area (Å²) in [6, 6.07) is 0. The highest BCUT2D eigenvalue weighted by atomic mass is 15.1. The lowest BCUT2D eigenvalue weighted by Gasteiger charge is -2.24. The summed E-state index contributed by atoms with van der Waals surface area (Å²) >= 11 is 0. The highest BCUT2D eigenvalue weighted by Crippen LogP contribution is 2.02. The van der Waals surface area contributed by atoms with Crippen LogP contribution in [0.4, 0.5) is 0 Å². The van der Waals surface area contributed by atoms with Gasteiger partial charge in [-0.1, -0.05) is 0 Å². The first-order valence-corrected chi connectivity index (χ1v) is 9.48. The maximum atomic E-state index is 5.65. The minimum absolute atomic E-state index is 0.775. The Bertz CT molecular complexity index is 219. The van der Waals surface area contributed by atoms with Gasteiger partial charge in [-0.15, -0.1) is 0 Å². The van der Waals surface area contributed by atoms with E-state index < -0.39 is 0 Å². The van der Waals surface area contributed by atoms with Crippen molar-refractivity contribution >= 4 is 0 Å². The molecule has 0 spiro atoms. The third-order valence-electron chi connectivity index (χ3n) is 4.14. The zero-order valence-corrected chi connectivity index (χ0v) is 15.4. The average molecular weight is 331 g/mol. The lowest BCUT2D eigenvalue weighted by atomic mass is 10.2. The Morgan fingerprint density at radius 2 is 0.913 bits per heavy atom. The number of unbranched alkanes of at least 4 members (excludes halogenated alkanes) is 1. The summed E-state index contributed by atoms with van der Waals surface area (Å²) in [5.41, 5.74) is 16.9. The number of nitrogens with zero attached hydrogens (tertiary/aromatic N) is 2. The molecule has 0 aromatic heterocycles. The van der Waals surface area contributed by atoms with Gasteiger partial charge in [0.05, 0.1) is 0 Å². The second kappa shape index (κ2) is 18.1. The zero-order valence-electron chi connectivity index (χ0n) is 15.4. The van der Waals surface area contributed by atoms with Gasteiger partial charge in [-0.05, 0) is 111 Å². The molecule has 0 radical (unpaired) electrons. The molecule has 23 heavy (non-hydrogen) atoms. The fourth-order valence-corrected chi connectivity index (χ4v) is 2.77. The van der Waals surface area contributed by atoms with E-state index in [-0.39, 0.29) is 0 Å². The molecule has 0 aromatic carbocycles. The average Bonchev–Trinajstić information content (AvgIpc) is 2.57. The van der Waals surface area contributed by atoms with Crippen molar-refractivity contribution in [2.24, 2.45) is 17.2 Å². The third kappa shape index (κ3) is 15.1. The summed E-state index contributed by atoms with van der Waals surface area (Å²) in [5.74, 6) is 0. The van der Waals surface area contributed by atoms with Gasteiger partial charge in [-0.25, -0.2) is 0 Å². The molecule has 0 heterocycles. The molecule has 6 nitrogen and oxygen atoms in total. The van der Waals surface area contributed by atoms with Crippen LogP contribution in [-0.2, 0) is 0 Å². The first-order chi connectivity index (χ1) is 11.3. The summed E-state index contributed by atoms with van der Waals surface area (Å²) in [5, 5.41) is 3.22. The number of rotatable bonds is 18. The van der Waals surface area contributed by atoms with Crippen LogP contribution in [-0.4, -0.2) is 82.3 Å². The topological polar surface area (TPSA) is 96.6 Å². The van der Waals surface area contributed by atoms with Crippen molar-refractivity contribution in [3.8, 4) is 0 Å². The zero-order chi connectivity index (χ0) is 17.2. The van der Waals surface area contributed by atoms with Crippen LogP contribution in [0.25, 0.3) is 0 Å². The summed E-state index contributed by atoms with van der Waals surface area (Å²) in [4.78, 5) is 5.08. The van der Waals surface area contributed by atoms with Gasteiger partial charge in [-0.3, -0.25) is 0 Å². The maximum Gasteiger partial charge on any atom is -0.000663 e. The van der Waals surface area contributed by atoms with Crippen molar-refractivity contribution < 1.29 is 0 Å². The minimum atomic E-state index is 0.775. The Kier molecular flexibility index (Phi) is 17.9. The predicted molar refractivity (Wildman–Crippen MR) is 102 cm³/mol. The van der Waals surface area contributed by atoms with Gasteiger partial charge in [-0.2, -0.15) is 0 Å². The summed E-state index contributed by atoms with van der Waals surface area (Å²) in [7, 11) is 2.02. The van der Waals surface area contributed by atoms with Crippen LogP contribution in [0, 0.1) is 0 Å². The fourth-order valence-electron chi connectivity index (χ4n) is 2.77. The van der Waals surface area contributed by atoms with Crippen LogP contribution in [0.2, 0.25) is 0 Å². The summed E-state index contributed by atoms with van der Waals surface area (Å²) in [6.07, 6.45) is 6.97. The lowest BCUT2D eigenvalue weighted by Crippen LogP contribution is -2.32. The van der Waals surface area contributed by atoms with Crippen molar-refractivity contribution in [2.75, 3.05) is 72.5 Å². The first kappa shape index (κ1) is 22.8. The molecular weight excluding hydrogens is 288 g/mol. The quantitative estimate of drug-likeness (QED) is 0.265. The highest BCUT2D eigenvalue weighted by Gasteiger charge is 2.06. The second-order valence-electron chi connectivity index (χ2n) is 6.27. The highest BCUT2D eigenvalue weighted by molar-refractivity contribution is 4.63. The van der Waals surface area contributed by atoms with Gasteiger partial charge in [0.2, 0.25) is 0 Å². The van der Waals surface area contributed by atoms with Gasteiger partial charge >= 0.3 is 0 Å². The number of hydrogen-bond donors (Lipinski definition) is 4. The van der Waals surface area contributed by atoms with Crippen LogP contribution in [0.15, 0.2) is 0 Å². The molecule has 0 aliphatic carbocycles. The number of nitrogens with one attached hydrogen (secondary N) is 1. The maximum absolute atomic E-state index is 5.65. The smallest absolute Gasteiger partial charge is 0.000663 e. The van der Waals surface area contributed by atoms with Gasteiger partial charge in [0.15, 0.2) is 0 Å². The van der Waals surface area contributed by atoms with E-state index in [0.717, 1.165) is 65.1 Å². The Labute approximate surface area is 144 Å². The van der Waals surface area contributed by atoms with Crippen LogP contribution >= 0.6 is 0 Å². The number of hydrogen-bond acceptors (Lipinski definition) is 6. The standard InChI is InChI=1S/C17H42N6/c1-21-11-7-17-23(16-6-10-20)13-3-2-12-22(14-4-8-18)15-5-9-19/h21H,2-20H2,1H3. The van der Waals surface area contributed by atoms with Crippen molar-refractivity contribution in [3.63, 3.8) is 0 Å². The number of nitrogens with two attached hydrogens (primary N) is 3. The Morgan fingerprint density at radius 3 is 1.26 bits per heavy atom. The van der Waals surface area contributed by atoms with Gasteiger partial charge < -0.3 is 32.3 Å². The largest absolute Gasteiger partial charge is 0.330 e. The lowest BCUT2D eigenvalue weighted by molar-refractivity contribution is 0.236. The molecule has 0 aliphatic rings. The van der Waals surface area contributed by atoms with E-state index in [4.69, 9.17) is 17.2 Å². The van der Waals surface area contributed by atoms with E-state index in [9.17, 15) is 0 Å². The monoisotopic (exact) mass is 330 g/mol. The van der Waals surface area contributed by atoms with Crippen molar-refractivity contribution in [3.05, 3.63) is 0 Å². The molecule has 0 bridgehead atoms. The Hall–Kier alpha value is -0.240. The summed E-state index contributed by atoms with van der Waals surface area (Å²) in [6.45, 7) is 10.3. The van der Waals surface area contributed by atoms with Crippen molar-refractivity contribution in [2.45, 2.75) is 38.5 Å². The fraction of sp³-hybridized carbons (Fsp3) is 1.00. The molecule has 0 aliphatic heterocycles. The van der Waals surface area contributed by atoms with Gasteiger partial charge in [0.1, 0.15) is 0 Å². The van der Waals surface area contributed by atoms with E-state index in [1.807, 2.05) is 7.05 Å². The van der Waals surface area contributed by atoms with E-state index in [0.29, 0.717) is 0 Å². The minimum Gasteiger partial charge on any atom is -0.330 e. The molecule has 140 valence electrons. The molecule has 0 saturated heterocycles. The molecule has 0 amide bonds. The molecule has 6 heteroatoms. The molecule has 0 atom stereocenters. The second-order valence-corrected chi connectivity index (χ2v) is 6.27. The van der Waals surface area contributed by atoms with Gasteiger partial charge in [0.25, 0.3) is 0 Å². The summed E-state index contributed by atoms with van der Waals surface area (Å²) < 4.78 is 0. The molecule has 0 saturated carbocycles. The predicted octanol–water partition coefficient (Wildman–Crippen LogP) is 0.0265. The molecular formula is C17H42N6. The Balaban J connectivity index is 3.91. The van der Waals surface area contributed by atoms with E-state index in [1.165, 1.54) is 38.9 Å². The molecule has 0 fully saturated rings. The van der Waals surface area contributed by atoms with Crippen LogP contribution in [0.5, 0.6) is 0 Å².